The van der Waals surface area contributed by atoms with Crippen LogP contribution in [-0.4, -0.2) is 36.6 Å². The van der Waals surface area contributed by atoms with E-state index in [0.717, 1.165) is 32.2 Å². The van der Waals surface area contributed by atoms with Gasteiger partial charge in [0.2, 0.25) is 0 Å². The molecule has 1 saturated heterocycles. The van der Waals surface area contributed by atoms with Gasteiger partial charge < -0.3 is 4.74 Å². The molecule has 2 rings (SSSR count). The summed E-state index contributed by atoms with van der Waals surface area (Å²) in [5.74, 6) is 0.0156. The first-order valence-electron chi connectivity index (χ1n) is 6.18. The highest BCUT2D eigenvalue weighted by molar-refractivity contribution is 5.76. The highest BCUT2D eigenvalue weighted by atomic mass is 16.5. The Morgan fingerprint density at radius 3 is 2.47 bits per heavy atom. The number of likely N-dealkylation sites (N-methyl/N-ethyl adjacent to an activating group) is 1. The molecule has 3 heteroatoms. The van der Waals surface area contributed by atoms with Crippen LogP contribution in [0.1, 0.15) is 44.9 Å². The molecule has 15 heavy (non-hydrogen) atoms. The number of hydrogen-bond acceptors (Lipinski definition) is 3. The van der Waals surface area contributed by atoms with Crippen molar-refractivity contribution in [1.29, 1.82) is 0 Å². The van der Waals surface area contributed by atoms with Crippen LogP contribution < -0.4 is 0 Å². The summed E-state index contributed by atoms with van der Waals surface area (Å²) in [6, 6.07) is 0.0342. The second-order valence-corrected chi connectivity index (χ2v) is 4.84. The Balaban J connectivity index is 1.80. The van der Waals surface area contributed by atoms with E-state index in [2.05, 4.69) is 4.90 Å². The van der Waals surface area contributed by atoms with Crippen LogP contribution in [0.25, 0.3) is 0 Å². The molecule has 1 saturated carbocycles. The Morgan fingerprint density at radius 2 is 1.87 bits per heavy atom. The van der Waals surface area contributed by atoms with Crippen molar-refractivity contribution in [3.05, 3.63) is 0 Å². The summed E-state index contributed by atoms with van der Waals surface area (Å²) in [4.78, 5) is 14.0. The fourth-order valence-corrected chi connectivity index (χ4v) is 2.63. The third kappa shape index (κ3) is 2.71. The first-order chi connectivity index (χ1) is 7.27. The number of hydrogen-bond donors (Lipinski definition) is 0. The molecule has 2 aliphatic rings. The van der Waals surface area contributed by atoms with Crippen LogP contribution in [0, 0.1) is 0 Å². The summed E-state index contributed by atoms with van der Waals surface area (Å²) < 4.78 is 5.57. The molecule has 1 atom stereocenters. The molecular formula is C12H21NO2. The monoisotopic (exact) mass is 211 g/mol. The lowest BCUT2D eigenvalue weighted by molar-refractivity contribution is -0.155. The van der Waals surface area contributed by atoms with E-state index in [4.69, 9.17) is 4.74 Å². The fourth-order valence-electron chi connectivity index (χ4n) is 2.63. The Kier molecular flexibility index (Phi) is 3.62. The SMILES string of the molecule is CN1CCC[C@H]1C(=O)OC1CCCCC1. The summed E-state index contributed by atoms with van der Waals surface area (Å²) in [5, 5.41) is 0. The van der Waals surface area contributed by atoms with Gasteiger partial charge >= 0.3 is 5.97 Å². The quantitative estimate of drug-likeness (QED) is 0.654. The second-order valence-electron chi connectivity index (χ2n) is 4.84. The van der Waals surface area contributed by atoms with E-state index in [-0.39, 0.29) is 18.1 Å². The molecule has 0 aromatic heterocycles. The Hall–Kier alpha value is -0.570. The van der Waals surface area contributed by atoms with Crippen LogP contribution in [-0.2, 0) is 9.53 Å². The van der Waals surface area contributed by atoms with E-state index in [9.17, 15) is 4.79 Å². The molecule has 0 N–H and O–H groups in total. The third-order valence-electron chi connectivity index (χ3n) is 3.63. The van der Waals surface area contributed by atoms with E-state index >= 15 is 0 Å². The smallest absolute Gasteiger partial charge is 0.323 e. The minimum atomic E-state index is 0.0156. The number of likely N-dealkylation sites (tertiary alicyclic amines) is 1. The molecular weight excluding hydrogens is 190 g/mol. The highest BCUT2D eigenvalue weighted by Gasteiger charge is 2.30. The van der Waals surface area contributed by atoms with Crippen molar-refractivity contribution in [3.63, 3.8) is 0 Å². The van der Waals surface area contributed by atoms with E-state index in [1.165, 1.54) is 19.3 Å². The van der Waals surface area contributed by atoms with E-state index in [1.54, 1.807) is 0 Å². The lowest BCUT2D eigenvalue weighted by Crippen LogP contribution is -2.36. The third-order valence-corrected chi connectivity index (χ3v) is 3.63. The van der Waals surface area contributed by atoms with Crippen LogP contribution in [0.3, 0.4) is 0 Å². The average Bonchev–Trinajstić information content (AvgIpc) is 2.66. The van der Waals surface area contributed by atoms with Gasteiger partial charge in [0.15, 0.2) is 0 Å². The van der Waals surface area contributed by atoms with Crippen molar-refractivity contribution >= 4 is 5.97 Å². The summed E-state index contributed by atoms with van der Waals surface area (Å²) in [7, 11) is 2.01. The van der Waals surface area contributed by atoms with Crippen molar-refractivity contribution in [2.75, 3.05) is 13.6 Å². The maximum absolute atomic E-state index is 11.9. The van der Waals surface area contributed by atoms with Crippen molar-refractivity contribution < 1.29 is 9.53 Å². The molecule has 1 heterocycles. The largest absolute Gasteiger partial charge is 0.461 e. The van der Waals surface area contributed by atoms with Crippen molar-refractivity contribution in [2.45, 2.75) is 57.1 Å². The first kappa shape index (κ1) is 10.9. The Labute approximate surface area is 91.8 Å². The first-order valence-corrected chi connectivity index (χ1v) is 6.18. The van der Waals surface area contributed by atoms with Gasteiger partial charge in [0.05, 0.1) is 0 Å². The van der Waals surface area contributed by atoms with E-state index in [0.29, 0.717) is 0 Å². The second kappa shape index (κ2) is 4.97. The van der Waals surface area contributed by atoms with E-state index in [1.807, 2.05) is 7.05 Å². The molecule has 1 aliphatic carbocycles. The molecule has 1 aliphatic heterocycles. The Morgan fingerprint density at radius 1 is 1.13 bits per heavy atom. The molecule has 0 unspecified atom stereocenters. The number of esters is 1. The molecule has 0 aromatic carbocycles. The highest BCUT2D eigenvalue weighted by Crippen LogP contribution is 2.23. The number of nitrogens with zero attached hydrogens (tertiary/aromatic N) is 1. The summed E-state index contributed by atoms with van der Waals surface area (Å²) in [6.45, 7) is 1.03. The van der Waals surface area contributed by atoms with Crippen molar-refractivity contribution in [3.8, 4) is 0 Å². The zero-order valence-electron chi connectivity index (χ0n) is 9.58. The van der Waals surface area contributed by atoms with Gasteiger partial charge in [-0.25, -0.2) is 0 Å². The van der Waals surface area contributed by atoms with Crippen molar-refractivity contribution in [1.82, 2.24) is 4.90 Å². The van der Waals surface area contributed by atoms with Gasteiger partial charge in [-0.15, -0.1) is 0 Å². The lowest BCUT2D eigenvalue weighted by Gasteiger charge is -2.25. The predicted octanol–water partition coefficient (Wildman–Crippen LogP) is 1.96. The Bertz CT molecular complexity index is 224. The minimum absolute atomic E-state index is 0.0156. The van der Waals surface area contributed by atoms with Crippen LogP contribution in [0.15, 0.2) is 0 Å². The van der Waals surface area contributed by atoms with Gasteiger partial charge in [-0.05, 0) is 52.1 Å². The molecule has 3 nitrogen and oxygen atoms in total. The zero-order valence-corrected chi connectivity index (χ0v) is 9.58. The fraction of sp³-hybridized carbons (Fsp3) is 0.917. The van der Waals surface area contributed by atoms with Crippen LogP contribution in [0.2, 0.25) is 0 Å². The number of rotatable bonds is 2. The summed E-state index contributed by atoms with van der Waals surface area (Å²) in [6.07, 6.45) is 8.20. The van der Waals surface area contributed by atoms with Crippen molar-refractivity contribution in [2.24, 2.45) is 0 Å². The van der Waals surface area contributed by atoms with Gasteiger partial charge in [0, 0.05) is 0 Å². The van der Waals surface area contributed by atoms with Gasteiger partial charge in [-0.2, -0.15) is 0 Å². The van der Waals surface area contributed by atoms with Crippen LogP contribution in [0.5, 0.6) is 0 Å². The molecule has 0 amide bonds. The number of carbonyl (C=O) groups excluding carboxylic acids is 1. The summed E-state index contributed by atoms with van der Waals surface area (Å²) >= 11 is 0. The van der Waals surface area contributed by atoms with Gasteiger partial charge in [-0.1, -0.05) is 6.42 Å². The van der Waals surface area contributed by atoms with Crippen LogP contribution in [0.4, 0.5) is 0 Å². The molecule has 0 bridgehead atoms. The lowest BCUT2D eigenvalue weighted by atomic mass is 9.98. The summed E-state index contributed by atoms with van der Waals surface area (Å²) in [5.41, 5.74) is 0. The predicted molar refractivity (Wildman–Crippen MR) is 58.6 cm³/mol. The molecule has 0 spiro atoms. The molecule has 86 valence electrons. The molecule has 2 fully saturated rings. The van der Waals surface area contributed by atoms with Crippen LogP contribution >= 0.6 is 0 Å². The minimum Gasteiger partial charge on any atom is -0.461 e. The zero-order chi connectivity index (χ0) is 10.7. The molecule has 0 aromatic rings. The standard InChI is InChI=1S/C12H21NO2/c1-13-9-5-8-11(13)12(14)15-10-6-3-2-4-7-10/h10-11H,2-9H2,1H3/t11-/m0/s1. The van der Waals surface area contributed by atoms with Gasteiger partial charge in [0.25, 0.3) is 0 Å². The number of carbonyl (C=O) groups is 1. The topological polar surface area (TPSA) is 29.5 Å². The normalized spacial score (nSPS) is 29.3. The maximum atomic E-state index is 11.9. The molecule has 0 radical (unpaired) electrons. The average molecular weight is 211 g/mol. The maximum Gasteiger partial charge on any atom is 0.323 e. The van der Waals surface area contributed by atoms with E-state index < -0.39 is 0 Å². The number of ether oxygens (including phenoxy) is 1. The van der Waals surface area contributed by atoms with Gasteiger partial charge in [0.1, 0.15) is 12.1 Å². The van der Waals surface area contributed by atoms with Gasteiger partial charge in [-0.3, -0.25) is 9.69 Å².